The molecule has 2 fully saturated rings. The van der Waals surface area contributed by atoms with E-state index in [1.807, 2.05) is 18.2 Å². The van der Waals surface area contributed by atoms with Gasteiger partial charge in [0.25, 0.3) is 0 Å². The molecule has 4 rings (SSSR count). The highest BCUT2D eigenvalue weighted by Gasteiger charge is 2.27. The van der Waals surface area contributed by atoms with Crippen molar-refractivity contribution in [2.24, 2.45) is 0 Å². The summed E-state index contributed by atoms with van der Waals surface area (Å²) in [6.45, 7) is 7.91. The number of imidazole rings is 1. The van der Waals surface area contributed by atoms with Crippen LogP contribution in [0.3, 0.4) is 0 Å². The van der Waals surface area contributed by atoms with E-state index in [0.717, 1.165) is 55.1 Å². The highest BCUT2D eigenvalue weighted by Crippen LogP contribution is 2.39. The second-order valence-corrected chi connectivity index (χ2v) is 6.76. The van der Waals surface area contributed by atoms with E-state index in [1.165, 1.54) is 12.8 Å². The van der Waals surface area contributed by atoms with Crippen LogP contribution < -0.4 is 0 Å². The number of carbonyl (C=O) groups excluding carboxylic acids is 1. The second kappa shape index (κ2) is 6.06. The van der Waals surface area contributed by atoms with Crippen molar-refractivity contribution in [3.63, 3.8) is 0 Å². The molecule has 0 amide bonds. The molecule has 0 bridgehead atoms. The third-order valence-corrected chi connectivity index (χ3v) is 5.07. The van der Waals surface area contributed by atoms with E-state index >= 15 is 0 Å². The maximum Gasteiger partial charge on any atom is 0.176 e. The predicted molar refractivity (Wildman–Crippen MR) is 91.0 cm³/mol. The Balaban J connectivity index is 1.44. The standard InChI is InChI=1S/C18H24N4O/c1-2-21-7-9-22(10-8-21)12-17(23)14-5-6-15-16(11-14)20-18(19-15)13-3-4-13/h5-6,11,13H,2-4,7-10,12H2,1H3,(H,19,20). The van der Waals surface area contributed by atoms with E-state index in [4.69, 9.17) is 0 Å². The van der Waals surface area contributed by atoms with Gasteiger partial charge in [-0.15, -0.1) is 0 Å². The summed E-state index contributed by atoms with van der Waals surface area (Å²) in [5.41, 5.74) is 2.76. The zero-order valence-electron chi connectivity index (χ0n) is 13.7. The molecule has 0 atom stereocenters. The zero-order valence-corrected chi connectivity index (χ0v) is 13.7. The van der Waals surface area contributed by atoms with E-state index in [0.29, 0.717) is 12.5 Å². The van der Waals surface area contributed by atoms with E-state index in [-0.39, 0.29) is 5.78 Å². The molecule has 0 spiro atoms. The SMILES string of the molecule is CCN1CCN(CC(=O)c2ccc3nc(C4CC4)[nH]c3c2)CC1. The molecule has 2 heterocycles. The zero-order chi connectivity index (χ0) is 15.8. The van der Waals surface area contributed by atoms with Gasteiger partial charge < -0.3 is 9.88 Å². The molecule has 0 radical (unpaired) electrons. The van der Waals surface area contributed by atoms with Gasteiger partial charge in [-0.25, -0.2) is 4.98 Å². The largest absolute Gasteiger partial charge is 0.342 e. The first-order valence-corrected chi connectivity index (χ1v) is 8.70. The van der Waals surface area contributed by atoms with Gasteiger partial charge in [0.15, 0.2) is 5.78 Å². The van der Waals surface area contributed by atoms with Crippen LogP contribution in [0.5, 0.6) is 0 Å². The van der Waals surface area contributed by atoms with Crippen LogP contribution in [0.2, 0.25) is 0 Å². The number of aromatic nitrogens is 2. The summed E-state index contributed by atoms with van der Waals surface area (Å²) < 4.78 is 0. The average molecular weight is 312 g/mol. The van der Waals surface area contributed by atoms with Crippen molar-refractivity contribution >= 4 is 16.8 Å². The smallest absolute Gasteiger partial charge is 0.176 e. The molecule has 1 aliphatic carbocycles. The van der Waals surface area contributed by atoms with Crippen LogP contribution in [0.15, 0.2) is 18.2 Å². The van der Waals surface area contributed by atoms with Crippen molar-refractivity contribution in [3.05, 3.63) is 29.6 Å². The minimum atomic E-state index is 0.208. The Kier molecular flexibility index (Phi) is 3.91. The summed E-state index contributed by atoms with van der Waals surface area (Å²) in [7, 11) is 0. The van der Waals surface area contributed by atoms with Gasteiger partial charge in [0.1, 0.15) is 5.82 Å². The molecular formula is C18H24N4O. The van der Waals surface area contributed by atoms with Crippen molar-refractivity contribution in [1.29, 1.82) is 0 Å². The van der Waals surface area contributed by atoms with Gasteiger partial charge in [0, 0.05) is 37.7 Å². The van der Waals surface area contributed by atoms with Crippen LogP contribution in [-0.4, -0.2) is 64.8 Å². The lowest BCUT2D eigenvalue weighted by Crippen LogP contribution is -2.47. The molecule has 1 N–H and O–H groups in total. The maximum absolute atomic E-state index is 12.6. The molecule has 23 heavy (non-hydrogen) atoms. The molecule has 5 nitrogen and oxygen atoms in total. The van der Waals surface area contributed by atoms with Crippen molar-refractivity contribution in [2.75, 3.05) is 39.3 Å². The molecule has 2 aromatic rings. The molecule has 0 unspecified atom stereocenters. The third kappa shape index (κ3) is 3.16. The Labute approximate surface area is 136 Å². The maximum atomic E-state index is 12.6. The molecule has 1 aromatic heterocycles. The normalized spacial score (nSPS) is 20.2. The molecule has 122 valence electrons. The Bertz CT molecular complexity index is 711. The summed E-state index contributed by atoms with van der Waals surface area (Å²) in [6.07, 6.45) is 2.46. The first-order valence-electron chi connectivity index (χ1n) is 8.70. The summed E-state index contributed by atoms with van der Waals surface area (Å²) in [5, 5.41) is 0. The Hall–Kier alpha value is -1.72. The molecule has 1 saturated heterocycles. The van der Waals surface area contributed by atoms with Crippen molar-refractivity contribution < 1.29 is 4.79 Å². The summed E-state index contributed by atoms with van der Waals surface area (Å²) >= 11 is 0. The van der Waals surface area contributed by atoms with Gasteiger partial charge in [-0.3, -0.25) is 9.69 Å². The predicted octanol–water partition coefficient (Wildman–Crippen LogP) is 2.26. The first-order chi connectivity index (χ1) is 11.2. The minimum absolute atomic E-state index is 0.208. The fraction of sp³-hybridized carbons (Fsp3) is 0.556. The highest BCUT2D eigenvalue weighted by molar-refractivity contribution is 6.00. The van der Waals surface area contributed by atoms with E-state index in [1.54, 1.807) is 0 Å². The Morgan fingerprint density at radius 2 is 1.96 bits per heavy atom. The van der Waals surface area contributed by atoms with E-state index in [2.05, 4.69) is 26.7 Å². The number of piperazine rings is 1. The van der Waals surface area contributed by atoms with E-state index in [9.17, 15) is 4.79 Å². The van der Waals surface area contributed by atoms with Crippen LogP contribution in [0.1, 0.15) is 41.9 Å². The lowest BCUT2D eigenvalue weighted by molar-refractivity contribution is 0.0859. The lowest BCUT2D eigenvalue weighted by Gasteiger charge is -2.33. The number of likely N-dealkylation sites (N-methyl/N-ethyl adjacent to an activating group) is 1. The number of rotatable bonds is 5. The van der Waals surface area contributed by atoms with Crippen LogP contribution in [0.25, 0.3) is 11.0 Å². The Morgan fingerprint density at radius 3 is 2.65 bits per heavy atom. The number of Topliss-reactive ketones (excluding diaryl/α,β-unsaturated/α-hetero) is 1. The second-order valence-electron chi connectivity index (χ2n) is 6.76. The number of hydrogen-bond acceptors (Lipinski definition) is 4. The monoisotopic (exact) mass is 312 g/mol. The van der Waals surface area contributed by atoms with Gasteiger partial charge in [0.2, 0.25) is 0 Å². The third-order valence-electron chi connectivity index (χ3n) is 5.07. The lowest BCUT2D eigenvalue weighted by atomic mass is 10.1. The fourth-order valence-corrected chi connectivity index (χ4v) is 3.31. The quantitative estimate of drug-likeness (QED) is 0.861. The minimum Gasteiger partial charge on any atom is -0.342 e. The van der Waals surface area contributed by atoms with Crippen LogP contribution in [0.4, 0.5) is 0 Å². The average Bonchev–Trinajstić information content (AvgIpc) is 3.34. The molecule has 5 heteroatoms. The summed E-state index contributed by atoms with van der Waals surface area (Å²) in [5.74, 6) is 1.90. The number of hydrogen-bond donors (Lipinski definition) is 1. The number of benzene rings is 1. The van der Waals surface area contributed by atoms with Crippen molar-refractivity contribution in [1.82, 2.24) is 19.8 Å². The molecular weight excluding hydrogens is 288 g/mol. The molecule has 2 aliphatic rings. The van der Waals surface area contributed by atoms with Gasteiger partial charge in [-0.05, 0) is 37.6 Å². The summed E-state index contributed by atoms with van der Waals surface area (Å²) in [6, 6.07) is 5.86. The van der Waals surface area contributed by atoms with E-state index < -0.39 is 0 Å². The molecule has 1 aliphatic heterocycles. The number of fused-ring (bicyclic) bond motifs is 1. The van der Waals surface area contributed by atoms with Crippen LogP contribution >= 0.6 is 0 Å². The van der Waals surface area contributed by atoms with Gasteiger partial charge >= 0.3 is 0 Å². The fourth-order valence-electron chi connectivity index (χ4n) is 3.31. The number of nitrogens with one attached hydrogen (secondary N) is 1. The van der Waals surface area contributed by atoms with Gasteiger partial charge in [0.05, 0.1) is 17.6 Å². The van der Waals surface area contributed by atoms with Gasteiger partial charge in [-0.1, -0.05) is 6.92 Å². The first kappa shape index (κ1) is 14.8. The molecule has 1 aromatic carbocycles. The number of aromatic amines is 1. The number of H-pyrrole nitrogens is 1. The van der Waals surface area contributed by atoms with Crippen molar-refractivity contribution in [2.45, 2.75) is 25.7 Å². The Morgan fingerprint density at radius 1 is 1.22 bits per heavy atom. The number of ketones is 1. The van der Waals surface area contributed by atoms with Crippen LogP contribution in [-0.2, 0) is 0 Å². The van der Waals surface area contributed by atoms with Crippen molar-refractivity contribution in [3.8, 4) is 0 Å². The topological polar surface area (TPSA) is 52.2 Å². The van der Waals surface area contributed by atoms with Crippen LogP contribution in [0, 0.1) is 0 Å². The highest BCUT2D eigenvalue weighted by atomic mass is 16.1. The number of carbonyl (C=O) groups is 1. The van der Waals surface area contributed by atoms with Gasteiger partial charge in [-0.2, -0.15) is 0 Å². The summed E-state index contributed by atoms with van der Waals surface area (Å²) in [4.78, 5) is 25.3. The number of nitrogens with zero attached hydrogens (tertiary/aromatic N) is 3. The molecule has 1 saturated carbocycles.